The maximum Gasteiger partial charge on any atom is 0.261 e. The number of nitrogens with one attached hydrogen (secondary N) is 2. The fourth-order valence-electron chi connectivity index (χ4n) is 3.79. The van der Waals surface area contributed by atoms with Crippen LogP contribution in [-0.4, -0.2) is 34.5 Å². The van der Waals surface area contributed by atoms with Gasteiger partial charge in [-0.3, -0.25) is 4.79 Å². The van der Waals surface area contributed by atoms with Gasteiger partial charge in [0.1, 0.15) is 11.2 Å². The molecule has 0 spiro atoms. The van der Waals surface area contributed by atoms with E-state index in [-0.39, 0.29) is 22.6 Å². The lowest BCUT2D eigenvalue weighted by Gasteiger charge is -2.21. The Morgan fingerprint density at radius 1 is 1.19 bits per heavy atom. The molecule has 2 fully saturated rings. The minimum Gasteiger partial charge on any atom is -0.381 e. The summed E-state index contributed by atoms with van der Waals surface area (Å²) in [7, 11) is 0. The second-order valence-electron chi connectivity index (χ2n) is 7.21. The third-order valence-electron chi connectivity index (χ3n) is 5.27. The molecule has 2 aromatic rings. The summed E-state index contributed by atoms with van der Waals surface area (Å²) in [6, 6.07) is 1.60. The van der Waals surface area contributed by atoms with Crippen LogP contribution < -0.4 is 10.9 Å². The van der Waals surface area contributed by atoms with Gasteiger partial charge in [-0.1, -0.05) is 12.8 Å². The van der Waals surface area contributed by atoms with E-state index in [0.29, 0.717) is 16.8 Å². The number of rotatable bonds is 5. The Hall–Kier alpha value is -1.67. The molecule has 4 rings (SSSR count). The van der Waals surface area contributed by atoms with Crippen molar-refractivity contribution in [1.29, 1.82) is 0 Å². The van der Waals surface area contributed by atoms with Gasteiger partial charge in [-0.2, -0.15) is 11.8 Å². The molecule has 1 saturated carbocycles. The van der Waals surface area contributed by atoms with Crippen LogP contribution in [0, 0.1) is 11.6 Å². The predicted molar refractivity (Wildman–Crippen MR) is 103 cm³/mol. The average Bonchev–Trinajstić information content (AvgIpc) is 3.18. The van der Waals surface area contributed by atoms with Crippen LogP contribution in [0.2, 0.25) is 0 Å². The number of nitrogens with zero attached hydrogens (tertiary/aromatic N) is 1. The fourth-order valence-corrected chi connectivity index (χ4v) is 4.84. The molecule has 1 aromatic heterocycles. The molecule has 1 aliphatic heterocycles. The van der Waals surface area contributed by atoms with Crippen molar-refractivity contribution in [3.63, 3.8) is 0 Å². The zero-order chi connectivity index (χ0) is 18.8. The van der Waals surface area contributed by atoms with Gasteiger partial charge in [-0.25, -0.2) is 13.8 Å². The van der Waals surface area contributed by atoms with E-state index < -0.39 is 17.2 Å². The first kappa shape index (κ1) is 18.7. The molecular formula is C19H23F2N3O2S. The number of halogens is 2. The van der Waals surface area contributed by atoms with E-state index in [4.69, 9.17) is 4.74 Å². The lowest BCUT2D eigenvalue weighted by Crippen LogP contribution is -2.19. The van der Waals surface area contributed by atoms with Crippen molar-refractivity contribution in [2.75, 3.05) is 18.5 Å². The molecule has 0 amide bonds. The number of hydrogen-bond acceptors (Lipinski definition) is 5. The lowest BCUT2D eigenvalue weighted by atomic mass is 10.1. The van der Waals surface area contributed by atoms with Crippen molar-refractivity contribution in [2.45, 2.75) is 55.6 Å². The molecule has 1 aliphatic carbocycles. The van der Waals surface area contributed by atoms with E-state index in [1.807, 2.05) is 0 Å². The first-order valence-electron chi connectivity index (χ1n) is 9.48. The highest BCUT2D eigenvalue weighted by Gasteiger charge is 2.22. The number of aromatic amines is 1. The van der Waals surface area contributed by atoms with Gasteiger partial charge in [-0.05, 0) is 31.7 Å². The van der Waals surface area contributed by atoms with Gasteiger partial charge in [-0.15, -0.1) is 0 Å². The number of fused-ring (bicyclic) bond motifs is 1. The van der Waals surface area contributed by atoms with Gasteiger partial charge >= 0.3 is 0 Å². The molecule has 0 bridgehead atoms. The summed E-state index contributed by atoms with van der Waals surface area (Å²) >= 11 is 1.71. The van der Waals surface area contributed by atoms with E-state index >= 15 is 0 Å². The Morgan fingerprint density at radius 3 is 2.67 bits per heavy atom. The topological polar surface area (TPSA) is 67.0 Å². The van der Waals surface area contributed by atoms with Crippen molar-refractivity contribution in [2.24, 2.45) is 0 Å². The number of anilines is 1. The van der Waals surface area contributed by atoms with Crippen LogP contribution in [0.3, 0.4) is 0 Å². The van der Waals surface area contributed by atoms with E-state index in [9.17, 15) is 13.6 Å². The maximum absolute atomic E-state index is 14.5. The highest BCUT2D eigenvalue weighted by atomic mass is 32.2. The normalized spacial score (nSPS) is 19.0. The van der Waals surface area contributed by atoms with Gasteiger partial charge < -0.3 is 15.0 Å². The molecule has 27 heavy (non-hydrogen) atoms. The lowest BCUT2D eigenvalue weighted by molar-refractivity contribution is 0.1000. The SMILES string of the molecule is O=c1[nH]c(CSC2CCOCC2)nc2cc(NC3CCCC3)c(F)c(F)c12. The van der Waals surface area contributed by atoms with Crippen LogP contribution in [-0.2, 0) is 10.5 Å². The summed E-state index contributed by atoms with van der Waals surface area (Å²) in [5, 5.41) is 3.23. The standard InChI is InChI=1S/C19H23F2N3O2S/c20-17-14(22-11-3-1-2-4-11)9-13-16(18(17)21)19(25)24-15(23-13)10-27-12-5-7-26-8-6-12/h9,11-12,22H,1-8,10H2,(H,23,24,25). The molecule has 0 radical (unpaired) electrons. The molecule has 2 aliphatic rings. The second kappa shape index (κ2) is 8.14. The second-order valence-corrected chi connectivity index (χ2v) is 8.50. The van der Waals surface area contributed by atoms with Gasteiger partial charge in [0.2, 0.25) is 0 Å². The summed E-state index contributed by atoms with van der Waals surface area (Å²) in [6.45, 7) is 1.50. The van der Waals surface area contributed by atoms with Crippen LogP contribution in [0.5, 0.6) is 0 Å². The molecule has 0 atom stereocenters. The molecule has 1 aromatic carbocycles. The largest absolute Gasteiger partial charge is 0.381 e. The molecule has 146 valence electrons. The first-order chi connectivity index (χ1) is 13.1. The van der Waals surface area contributed by atoms with Crippen LogP contribution in [0.1, 0.15) is 44.3 Å². The van der Waals surface area contributed by atoms with Gasteiger partial charge in [0, 0.05) is 24.5 Å². The number of H-pyrrole nitrogens is 1. The Kier molecular flexibility index (Phi) is 5.63. The maximum atomic E-state index is 14.5. The van der Waals surface area contributed by atoms with Gasteiger partial charge in [0.05, 0.1) is 17.0 Å². The Morgan fingerprint density at radius 2 is 1.93 bits per heavy atom. The zero-order valence-electron chi connectivity index (χ0n) is 15.0. The molecule has 2 N–H and O–H groups in total. The quantitative estimate of drug-likeness (QED) is 0.802. The number of aromatic nitrogens is 2. The predicted octanol–water partition coefficient (Wildman–Crippen LogP) is 3.97. The third kappa shape index (κ3) is 4.11. The zero-order valence-corrected chi connectivity index (χ0v) is 15.8. The number of benzene rings is 1. The highest BCUT2D eigenvalue weighted by Crippen LogP contribution is 2.29. The van der Waals surface area contributed by atoms with Crippen molar-refractivity contribution < 1.29 is 13.5 Å². The molecule has 1 saturated heterocycles. The van der Waals surface area contributed by atoms with Crippen LogP contribution >= 0.6 is 11.8 Å². The third-order valence-corrected chi connectivity index (χ3v) is 6.65. The number of thioether (sulfide) groups is 1. The minimum atomic E-state index is -1.13. The smallest absolute Gasteiger partial charge is 0.261 e. The van der Waals surface area contributed by atoms with E-state index in [2.05, 4.69) is 15.3 Å². The fraction of sp³-hybridized carbons (Fsp3) is 0.579. The van der Waals surface area contributed by atoms with Crippen LogP contribution in [0.25, 0.3) is 10.9 Å². The summed E-state index contributed by atoms with van der Waals surface area (Å²) in [6.07, 6.45) is 5.99. The Labute approximate surface area is 160 Å². The van der Waals surface area contributed by atoms with E-state index in [0.717, 1.165) is 51.7 Å². The summed E-state index contributed by atoms with van der Waals surface area (Å²) in [5.41, 5.74) is -0.347. The minimum absolute atomic E-state index is 0.0908. The molecule has 2 heterocycles. The van der Waals surface area contributed by atoms with E-state index in [1.165, 1.54) is 6.07 Å². The van der Waals surface area contributed by atoms with Gasteiger partial charge in [0.25, 0.3) is 5.56 Å². The van der Waals surface area contributed by atoms with Crippen molar-refractivity contribution in [1.82, 2.24) is 9.97 Å². The molecule has 5 nitrogen and oxygen atoms in total. The Balaban J connectivity index is 1.60. The highest BCUT2D eigenvalue weighted by molar-refractivity contribution is 7.99. The molecule has 8 heteroatoms. The summed E-state index contributed by atoms with van der Waals surface area (Å²) in [4.78, 5) is 19.3. The van der Waals surface area contributed by atoms with Gasteiger partial charge in [0.15, 0.2) is 11.6 Å². The first-order valence-corrected chi connectivity index (χ1v) is 10.5. The molecular weight excluding hydrogens is 372 g/mol. The van der Waals surface area contributed by atoms with Crippen LogP contribution in [0.15, 0.2) is 10.9 Å². The van der Waals surface area contributed by atoms with Crippen molar-refractivity contribution >= 4 is 28.4 Å². The Bertz CT molecular complexity index is 877. The van der Waals surface area contributed by atoms with Crippen molar-refractivity contribution in [3.05, 3.63) is 33.9 Å². The van der Waals surface area contributed by atoms with Crippen LogP contribution in [0.4, 0.5) is 14.5 Å². The summed E-state index contributed by atoms with van der Waals surface area (Å²) < 4.78 is 34.3. The number of hydrogen-bond donors (Lipinski definition) is 2. The monoisotopic (exact) mass is 395 g/mol. The molecule has 0 unspecified atom stereocenters. The average molecular weight is 395 g/mol. The van der Waals surface area contributed by atoms with Crippen molar-refractivity contribution in [3.8, 4) is 0 Å². The van der Waals surface area contributed by atoms with E-state index in [1.54, 1.807) is 11.8 Å². The summed E-state index contributed by atoms with van der Waals surface area (Å²) in [5.74, 6) is -1.13. The number of ether oxygens (including phenoxy) is 1.